The molecule has 4 heteroatoms. The summed E-state index contributed by atoms with van der Waals surface area (Å²) in [5.41, 5.74) is 1.82. The van der Waals surface area contributed by atoms with E-state index in [4.69, 9.17) is 4.42 Å². The van der Waals surface area contributed by atoms with Crippen LogP contribution in [-0.2, 0) is 12.8 Å². The average molecular weight is 216 g/mol. The van der Waals surface area contributed by atoms with Crippen LogP contribution in [0.4, 0.5) is 0 Å². The lowest BCUT2D eigenvalue weighted by Crippen LogP contribution is -2.17. The molecule has 0 saturated heterocycles. The van der Waals surface area contributed by atoms with Crippen molar-refractivity contribution in [2.24, 2.45) is 0 Å². The van der Waals surface area contributed by atoms with Crippen LogP contribution in [0.5, 0.6) is 0 Å². The highest BCUT2D eigenvalue weighted by molar-refractivity contribution is 5.52. The summed E-state index contributed by atoms with van der Waals surface area (Å²) in [6.07, 6.45) is 5.29. The first kappa shape index (κ1) is 9.54. The predicted molar refractivity (Wildman–Crippen MR) is 57.8 cm³/mol. The van der Waals surface area contributed by atoms with E-state index in [1.165, 1.54) is 0 Å². The Hall–Kier alpha value is -1.68. The summed E-state index contributed by atoms with van der Waals surface area (Å²) in [6, 6.07) is 3.74. The molecule has 4 nitrogen and oxygen atoms in total. The fraction of sp³-hybridized carbons (Fsp3) is 0.333. The molecule has 0 fully saturated rings. The van der Waals surface area contributed by atoms with Crippen molar-refractivity contribution < 1.29 is 9.52 Å². The van der Waals surface area contributed by atoms with E-state index in [2.05, 4.69) is 9.97 Å². The van der Waals surface area contributed by atoms with E-state index in [1.54, 1.807) is 12.4 Å². The average Bonchev–Trinajstić information content (AvgIpc) is 2.73. The van der Waals surface area contributed by atoms with Gasteiger partial charge < -0.3 is 9.52 Å². The monoisotopic (exact) mass is 216 g/mol. The van der Waals surface area contributed by atoms with E-state index in [9.17, 15) is 5.11 Å². The Labute approximate surface area is 93.0 Å². The second-order valence-electron chi connectivity index (χ2n) is 4.02. The van der Waals surface area contributed by atoms with Crippen molar-refractivity contribution in [1.29, 1.82) is 0 Å². The van der Waals surface area contributed by atoms with E-state index in [0.717, 1.165) is 29.9 Å². The smallest absolute Gasteiger partial charge is 0.226 e. The molecule has 16 heavy (non-hydrogen) atoms. The lowest BCUT2D eigenvalue weighted by molar-refractivity contribution is 0.153. The first-order chi connectivity index (χ1) is 7.83. The van der Waals surface area contributed by atoms with Crippen LogP contribution in [-0.4, -0.2) is 21.2 Å². The van der Waals surface area contributed by atoms with E-state index in [0.29, 0.717) is 12.3 Å². The van der Waals surface area contributed by atoms with Gasteiger partial charge in [-0.05, 0) is 18.6 Å². The summed E-state index contributed by atoms with van der Waals surface area (Å²) in [5.74, 6) is 1.54. The molecule has 2 aromatic rings. The van der Waals surface area contributed by atoms with Crippen LogP contribution in [0.15, 0.2) is 28.9 Å². The van der Waals surface area contributed by atoms with E-state index in [-0.39, 0.29) is 6.10 Å². The summed E-state index contributed by atoms with van der Waals surface area (Å²) in [7, 11) is 0. The molecular formula is C12H12N2O2. The molecule has 3 rings (SSSR count). The molecule has 0 aliphatic heterocycles. The van der Waals surface area contributed by atoms with Crippen molar-refractivity contribution in [3.63, 3.8) is 0 Å². The SMILES string of the molecule is OC1CCc2oc(-c3ccncc3)nc2C1. The second kappa shape index (κ2) is 3.72. The molecule has 0 aromatic carbocycles. The second-order valence-corrected chi connectivity index (χ2v) is 4.02. The van der Waals surface area contributed by atoms with Crippen molar-refractivity contribution in [3.8, 4) is 11.5 Å². The number of aromatic nitrogens is 2. The molecule has 2 aromatic heterocycles. The number of aliphatic hydroxyl groups is 1. The van der Waals surface area contributed by atoms with Crippen molar-refractivity contribution in [3.05, 3.63) is 36.0 Å². The summed E-state index contributed by atoms with van der Waals surface area (Å²) in [6.45, 7) is 0. The van der Waals surface area contributed by atoms with Crippen molar-refractivity contribution in [1.82, 2.24) is 9.97 Å². The number of hydrogen-bond donors (Lipinski definition) is 1. The number of fused-ring (bicyclic) bond motifs is 1. The molecule has 1 N–H and O–H groups in total. The first-order valence-electron chi connectivity index (χ1n) is 5.40. The molecule has 0 amide bonds. The van der Waals surface area contributed by atoms with E-state index < -0.39 is 0 Å². The summed E-state index contributed by atoms with van der Waals surface area (Å²) in [5, 5.41) is 9.54. The molecule has 1 atom stereocenters. The maximum absolute atomic E-state index is 9.54. The van der Waals surface area contributed by atoms with Gasteiger partial charge in [0.1, 0.15) is 5.76 Å². The molecule has 0 radical (unpaired) electrons. The zero-order valence-electron chi connectivity index (χ0n) is 8.76. The van der Waals surface area contributed by atoms with Gasteiger partial charge in [-0.2, -0.15) is 0 Å². The third-order valence-electron chi connectivity index (χ3n) is 2.84. The third kappa shape index (κ3) is 1.61. The lowest BCUT2D eigenvalue weighted by Gasteiger charge is -2.13. The lowest BCUT2D eigenvalue weighted by atomic mass is 9.99. The van der Waals surface area contributed by atoms with Gasteiger partial charge in [-0.1, -0.05) is 0 Å². The molecule has 1 aliphatic rings. The van der Waals surface area contributed by atoms with Crippen molar-refractivity contribution >= 4 is 0 Å². The maximum atomic E-state index is 9.54. The Morgan fingerprint density at radius 3 is 2.94 bits per heavy atom. The van der Waals surface area contributed by atoms with Gasteiger partial charge in [-0.15, -0.1) is 0 Å². The highest BCUT2D eigenvalue weighted by atomic mass is 16.4. The summed E-state index contributed by atoms with van der Waals surface area (Å²) < 4.78 is 5.69. The van der Waals surface area contributed by atoms with Crippen LogP contribution in [0.25, 0.3) is 11.5 Å². The Morgan fingerprint density at radius 2 is 2.12 bits per heavy atom. The molecule has 0 saturated carbocycles. The van der Waals surface area contributed by atoms with Gasteiger partial charge in [0.25, 0.3) is 0 Å². The number of hydrogen-bond acceptors (Lipinski definition) is 4. The Bertz CT molecular complexity index is 493. The first-order valence-corrected chi connectivity index (χ1v) is 5.40. The molecule has 1 unspecified atom stereocenters. The summed E-state index contributed by atoms with van der Waals surface area (Å²) >= 11 is 0. The third-order valence-corrected chi connectivity index (χ3v) is 2.84. The van der Waals surface area contributed by atoms with Gasteiger partial charge in [-0.25, -0.2) is 4.98 Å². The molecule has 0 bridgehead atoms. The minimum atomic E-state index is -0.275. The zero-order chi connectivity index (χ0) is 11.0. The van der Waals surface area contributed by atoms with Crippen LogP contribution in [0.1, 0.15) is 17.9 Å². The van der Waals surface area contributed by atoms with Crippen LogP contribution in [0, 0.1) is 0 Å². The fourth-order valence-electron chi connectivity index (χ4n) is 1.98. The number of oxazole rings is 1. The van der Waals surface area contributed by atoms with Crippen LogP contribution in [0.2, 0.25) is 0 Å². The van der Waals surface area contributed by atoms with E-state index >= 15 is 0 Å². The van der Waals surface area contributed by atoms with Gasteiger partial charge in [0, 0.05) is 30.8 Å². The largest absolute Gasteiger partial charge is 0.441 e. The normalized spacial score (nSPS) is 19.4. The van der Waals surface area contributed by atoms with Crippen LogP contribution < -0.4 is 0 Å². The quantitative estimate of drug-likeness (QED) is 0.786. The number of nitrogens with zero attached hydrogens (tertiary/aromatic N) is 2. The van der Waals surface area contributed by atoms with Crippen LogP contribution >= 0.6 is 0 Å². The van der Waals surface area contributed by atoms with Gasteiger partial charge >= 0.3 is 0 Å². The van der Waals surface area contributed by atoms with Crippen LogP contribution in [0.3, 0.4) is 0 Å². The van der Waals surface area contributed by atoms with Gasteiger partial charge in [0.05, 0.1) is 11.8 Å². The standard InChI is InChI=1S/C12H12N2O2/c15-9-1-2-11-10(7-9)14-12(16-11)8-3-5-13-6-4-8/h3-6,9,15H,1-2,7H2. The molecule has 0 spiro atoms. The van der Waals surface area contributed by atoms with Crippen molar-refractivity contribution in [2.75, 3.05) is 0 Å². The van der Waals surface area contributed by atoms with Gasteiger partial charge in [0.15, 0.2) is 0 Å². The van der Waals surface area contributed by atoms with E-state index in [1.807, 2.05) is 12.1 Å². The minimum Gasteiger partial charge on any atom is -0.441 e. The number of pyridine rings is 1. The summed E-state index contributed by atoms with van der Waals surface area (Å²) in [4.78, 5) is 8.37. The minimum absolute atomic E-state index is 0.275. The zero-order valence-corrected chi connectivity index (χ0v) is 8.76. The van der Waals surface area contributed by atoms with Gasteiger partial charge in [-0.3, -0.25) is 4.98 Å². The highest BCUT2D eigenvalue weighted by Gasteiger charge is 2.22. The Balaban J connectivity index is 1.99. The number of aryl methyl sites for hydroxylation is 1. The van der Waals surface area contributed by atoms with Crippen molar-refractivity contribution in [2.45, 2.75) is 25.4 Å². The maximum Gasteiger partial charge on any atom is 0.226 e. The van der Waals surface area contributed by atoms with Gasteiger partial charge in [0.2, 0.25) is 5.89 Å². The molecule has 82 valence electrons. The topological polar surface area (TPSA) is 59.2 Å². The fourth-order valence-corrected chi connectivity index (χ4v) is 1.98. The molecule has 1 aliphatic carbocycles. The molecular weight excluding hydrogens is 204 g/mol. The molecule has 2 heterocycles. The highest BCUT2D eigenvalue weighted by Crippen LogP contribution is 2.26. The number of aliphatic hydroxyl groups excluding tert-OH is 1. The predicted octanol–water partition coefficient (Wildman–Crippen LogP) is 1.59. The Kier molecular flexibility index (Phi) is 2.22. The number of rotatable bonds is 1. The Morgan fingerprint density at radius 1 is 1.31 bits per heavy atom.